The van der Waals surface area contributed by atoms with E-state index in [0.717, 1.165) is 4.90 Å². The van der Waals surface area contributed by atoms with Gasteiger partial charge in [-0.25, -0.2) is 0 Å². The predicted octanol–water partition coefficient (Wildman–Crippen LogP) is 1.13. The fourth-order valence-electron chi connectivity index (χ4n) is 1.36. The van der Waals surface area contributed by atoms with E-state index in [0.29, 0.717) is 5.56 Å². The van der Waals surface area contributed by atoms with Gasteiger partial charge in [0.2, 0.25) is 0 Å². The third kappa shape index (κ3) is 3.95. The molecule has 0 saturated carbocycles. The Labute approximate surface area is 98.9 Å². The highest BCUT2D eigenvalue weighted by atomic mass is 16.4. The van der Waals surface area contributed by atoms with Gasteiger partial charge in [0.25, 0.3) is 5.91 Å². The minimum absolute atomic E-state index is 0.117. The molecule has 0 spiro atoms. The van der Waals surface area contributed by atoms with Gasteiger partial charge in [-0.3, -0.25) is 9.59 Å². The van der Waals surface area contributed by atoms with Crippen molar-refractivity contribution in [1.29, 1.82) is 5.26 Å². The first-order valence-electron chi connectivity index (χ1n) is 5.08. The first-order valence-corrected chi connectivity index (χ1v) is 5.08. The van der Waals surface area contributed by atoms with Crippen molar-refractivity contribution in [2.45, 2.75) is 6.42 Å². The van der Waals surface area contributed by atoms with Crippen molar-refractivity contribution in [3.63, 3.8) is 0 Å². The maximum atomic E-state index is 11.9. The summed E-state index contributed by atoms with van der Waals surface area (Å²) >= 11 is 0. The molecule has 5 nitrogen and oxygen atoms in total. The predicted molar refractivity (Wildman–Crippen MR) is 60.2 cm³/mol. The lowest BCUT2D eigenvalue weighted by molar-refractivity contribution is -0.137. The zero-order chi connectivity index (χ0) is 12.7. The highest BCUT2D eigenvalue weighted by Crippen LogP contribution is 2.05. The lowest BCUT2D eigenvalue weighted by Crippen LogP contribution is -2.36. The van der Waals surface area contributed by atoms with E-state index in [1.807, 2.05) is 6.07 Å². The number of nitriles is 1. The summed E-state index contributed by atoms with van der Waals surface area (Å²) in [6.07, 6.45) is 0.117. The molecule has 0 fully saturated rings. The van der Waals surface area contributed by atoms with Crippen LogP contribution in [0.15, 0.2) is 30.3 Å². The van der Waals surface area contributed by atoms with Crippen molar-refractivity contribution in [3.05, 3.63) is 35.9 Å². The second-order valence-corrected chi connectivity index (χ2v) is 3.39. The van der Waals surface area contributed by atoms with Gasteiger partial charge in [0.15, 0.2) is 0 Å². The summed E-state index contributed by atoms with van der Waals surface area (Å²) in [5.41, 5.74) is 0.423. The number of rotatable bonds is 5. The van der Waals surface area contributed by atoms with Gasteiger partial charge in [-0.05, 0) is 12.1 Å². The Morgan fingerprint density at radius 3 is 2.47 bits per heavy atom. The zero-order valence-corrected chi connectivity index (χ0v) is 9.17. The summed E-state index contributed by atoms with van der Waals surface area (Å²) in [4.78, 5) is 23.7. The third-order valence-electron chi connectivity index (χ3n) is 2.13. The van der Waals surface area contributed by atoms with Crippen molar-refractivity contribution >= 4 is 11.9 Å². The fraction of sp³-hybridized carbons (Fsp3) is 0.250. The van der Waals surface area contributed by atoms with Crippen LogP contribution in [0.25, 0.3) is 0 Å². The molecule has 0 radical (unpaired) electrons. The topological polar surface area (TPSA) is 81.4 Å². The molecule has 0 atom stereocenters. The summed E-state index contributed by atoms with van der Waals surface area (Å²) in [6.45, 7) is -0.272. The molecule has 0 aliphatic rings. The lowest BCUT2D eigenvalue weighted by atomic mass is 10.2. The van der Waals surface area contributed by atoms with Gasteiger partial charge >= 0.3 is 5.97 Å². The number of amides is 1. The highest BCUT2D eigenvalue weighted by molar-refractivity contribution is 5.95. The minimum atomic E-state index is -1.09. The number of aliphatic carboxylic acids is 1. The molecule has 0 unspecified atom stereocenters. The van der Waals surface area contributed by atoms with E-state index < -0.39 is 12.5 Å². The van der Waals surface area contributed by atoms with Crippen LogP contribution in [0.5, 0.6) is 0 Å². The number of carboxylic acids is 1. The Kier molecular flexibility index (Phi) is 4.70. The molecule has 1 rings (SSSR count). The Balaban J connectivity index is 2.79. The molecule has 1 N–H and O–H groups in total. The van der Waals surface area contributed by atoms with Crippen LogP contribution in [0, 0.1) is 11.3 Å². The van der Waals surface area contributed by atoms with E-state index in [1.165, 1.54) is 0 Å². The van der Waals surface area contributed by atoms with E-state index in [2.05, 4.69) is 0 Å². The van der Waals surface area contributed by atoms with Gasteiger partial charge in [0.05, 0.1) is 12.5 Å². The molecular formula is C12H12N2O3. The van der Waals surface area contributed by atoms with Gasteiger partial charge in [-0.2, -0.15) is 5.26 Å². The Morgan fingerprint density at radius 1 is 1.29 bits per heavy atom. The Bertz CT molecular complexity index is 437. The normalized spacial score (nSPS) is 9.35. The molecule has 0 aromatic heterocycles. The van der Waals surface area contributed by atoms with Crippen LogP contribution in [0.4, 0.5) is 0 Å². The molecule has 17 heavy (non-hydrogen) atoms. The number of hydrogen-bond donors (Lipinski definition) is 1. The molecule has 1 aromatic rings. The zero-order valence-electron chi connectivity index (χ0n) is 9.17. The fourth-order valence-corrected chi connectivity index (χ4v) is 1.36. The number of benzene rings is 1. The quantitative estimate of drug-likeness (QED) is 0.824. The molecule has 0 heterocycles. The van der Waals surface area contributed by atoms with Gasteiger partial charge in [0, 0.05) is 12.1 Å². The van der Waals surface area contributed by atoms with Gasteiger partial charge in [0.1, 0.15) is 6.54 Å². The third-order valence-corrected chi connectivity index (χ3v) is 2.13. The monoisotopic (exact) mass is 232 g/mol. The maximum absolute atomic E-state index is 11.9. The first-order chi connectivity index (χ1) is 8.15. The smallest absolute Gasteiger partial charge is 0.323 e. The van der Waals surface area contributed by atoms with Gasteiger partial charge < -0.3 is 10.0 Å². The van der Waals surface area contributed by atoms with Crippen molar-refractivity contribution < 1.29 is 14.7 Å². The largest absolute Gasteiger partial charge is 0.480 e. The number of carbonyl (C=O) groups excluding carboxylic acids is 1. The van der Waals surface area contributed by atoms with Crippen LogP contribution in [0.2, 0.25) is 0 Å². The second-order valence-electron chi connectivity index (χ2n) is 3.39. The standard InChI is InChI=1S/C12H12N2O3/c13-7-4-8-14(9-11(15)16)12(17)10-5-2-1-3-6-10/h1-3,5-6H,4,8-9H2,(H,15,16). The number of carbonyl (C=O) groups is 2. The maximum Gasteiger partial charge on any atom is 0.323 e. The average Bonchev–Trinajstić information content (AvgIpc) is 2.34. The Hall–Kier alpha value is -2.35. The van der Waals surface area contributed by atoms with Gasteiger partial charge in [-0.15, -0.1) is 0 Å². The molecule has 0 saturated heterocycles. The molecule has 5 heteroatoms. The van der Waals surface area contributed by atoms with Crippen molar-refractivity contribution in [3.8, 4) is 6.07 Å². The minimum Gasteiger partial charge on any atom is -0.480 e. The number of carboxylic acid groups (broad SMARTS) is 1. The molecule has 0 aliphatic heterocycles. The van der Waals surface area contributed by atoms with Crippen LogP contribution in [0.3, 0.4) is 0 Å². The van der Waals surface area contributed by atoms with E-state index >= 15 is 0 Å². The van der Waals surface area contributed by atoms with Crippen LogP contribution < -0.4 is 0 Å². The van der Waals surface area contributed by atoms with Crippen molar-refractivity contribution in [1.82, 2.24) is 4.90 Å². The molecule has 88 valence electrons. The first kappa shape index (κ1) is 12.7. The molecular weight excluding hydrogens is 220 g/mol. The van der Waals surface area contributed by atoms with Crippen molar-refractivity contribution in [2.24, 2.45) is 0 Å². The van der Waals surface area contributed by atoms with E-state index in [1.54, 1.807) is 30.3 Å². The van der Waals surface area contributed by atoms with E-state index in [9.17, 15) is 9.59 Å². The summed E-state index contributed by atoms with van der Waals surface area (Å²) in [5, 5.41) is 17.2. The highest BCUT2D eigenvalue weighted by Gasteiger charge is 2.17. The number of nitrogens with zero attached hydrogens (tertiary/aromatic N) is 2. The average molecular weight is 232 g/mol. The summed E-state index contributed by atoms with van der Waals surface area (Å²) in [7, 11) is 0. The lowest BCUT2D eigenvalue weighted by Gasteiger charge is -2.19. The molecule has 0 bridgehead atoms. The van der Waals surface area contributed by atoms with Crippen LogP contribution >= 0.6 is 0 Å². The van der Waals surface area contributed by atoms with Crippen LogP contribution in [0.1, 0.15) is 16.8 Å². The van der Waals surface area contributed by atoms with Crippen LogP contribution in [-0.2, 0) is 4.79 Å². The molecule has 1 amide bonds. The van der Waals surface area contributed by atoms with Crippen LogP contribution in [-0.4, -0.2) is 35.0 Å². The SMILES string of the molecule is N#CCCN(CC(=O)O)C(=O)c1ccccc1. The van der Waals surface area contributed by atoms with E-state index in [-0.39, 0.29) is 18.9 Å². The summed E-state index contributed by atoms with van der Waals surface area (Å²) in [6, 6.07) is 10.3. The summed E-state index contributed by atoms with van der Waals surface area (Å²) < 4.78 is 0. The van der Waals surface area contributed by atoms with Crippen molar-refractivity contribution in [2.75, 3.05) is 13.1 Å². The Morgan fingerprint density at radius 2 is 1.94 bits per heavy atom. The molecule has 0 aliphatic carbocycles. The number of hydrogen-bond acceptors (Lipinski definition) is 3. The summed E-state index contributed by atoms with van der Waals surface area (Å²) in [5.74, 6) is -1.46. The molecule has 1 aromatic carbocycles. The second kappa shape index (κ2) is 6.28. The van der Waals surface area contributed by atoms with E-state index in [4.69, 9.17) is 10.4 Å². The van der Waals surface area contributed by atoms with Gasteiger partial charge in [-0.1, -0.05) is 18.2 Å².